The van der Waals surface area contributed by atoms with Crippen LogP contribution in [0.2, 0.25) is 0 Å². The van der Waals surface area contributed by atoms with Gasteiger partial charge in [-0.15, -0.1) is 0 Å². The molecule has 19 heavy (non-hydrogen) atoms. The molecule has 2 heteroatoms. The highest BCUT2D eigenvalue weighted by Gasteiger charge is 2.35. The van der Waals surface area contributed by atoms with E-state index in [4.69, 9.17) is 4.74 Å². The van der Waals surface area contributed by atoms with E-state index in [1.54, 1.807) is 0 Å². The zero-order valence-electron chi connectivity index (χ0n) is 12.4. The van der Waals surface area contributed by atoms with Gasteiger partial charge in [-0.3, -0.25) is 0 Å². The smallest absolute Gasteiger partial charge is 0.125 e. The van der Waals surface area contributed by atoms with Crippen molar-refractivity contribution in [2.45, 2.75) is 71.0 Å². The lowest BCUT2D eigenvalue weighted by Gasteiger charge is -2.38. The standard InChI is InChI=1S/C17H26O2/c1-4-5-6-7-10-17(3)12-15(18)14-11-13(2)8-9-16(14)19-17/h8-9,11,15,18H,4-7,10,12H2,1-3H3/t15-,17?/m1/s1. The van der Waals surface area contributed by atoms with Crippen molar-refractivity contribution in [3.63, 3.8) is 0 Å². The molecule has 0 spiro atoms. The maximum atomic E-state index is 10.3. The molecule has 1 aliphatic heterocycles. The molecule has 0 aliphatic carbocycles. The van der Waals surface area contributed by atoms with Gasteiger partial charge in [-0.1, -0.05) is 37.8 Å². The Morgan fingerprint density at radius 2 is 2.11 bits per heavy atom. The summed E-state index contributed by atoms with van der Waals surface area (Å²) in [5.74, 6) is 0.863. The van der Waals surface area contributed by atoms with Gasteiger partial charge in [-0.2, -0.15) is 0 Å². The molecule has 1 aromatic rings. The van der Waals surface area contributed by atoms with E-state index in [-0.39, 0.29) is 11.7 Å². The Labute approximate surface area is 116 Å². The number of fused-ring (bicyclic) bond motifs is 1. The van der Waals surface area contributed by atoms with Gasteiger partial charge < -0.3 is 9.84 Å². The average molecular weight is 262 g/mol. The molecule has 1 heterocycles. The summed E-state index contributed by atoms with van der Waals surface area (Å²) in [6.45, 7) is 6.40. The number of rotatable bonds is 5. The molecule has 2 atom stereocenters. The van der Waals surface area contributed by atoms with E-state index < -0.39 is 0 Å². The minimum Gasteiger partial charge on any atom is -0.487 e. The minimum absolute atomic E-state index is 0.213. The van der Waals surface area contributed by atoms with E-state index in [2.05, 4.69) is 13.8 Å². The summed E-state index contributed by atoms with van der Waals surface area (Å²) in [5.41, 5.74) is 1.91. The second-order valence-corrected chi connectivity index (χ2v) is 6.12. The summed E-state index contributed by atoms with van der Waals surface area (Å²) in [6.07, 6.45) is 6.31. The molecule has 1 aromatic carbocycles. The van der Waals surface area contributed by atoms with Crippen LogP contribution >= 0.6 is 0 Å². The first-order chi connectivity index (χ1) is 9.04. The number of hydrogen-bond acceptors (Lipinski definition) is 2. The van der Waals surface area contributed by atoms with Crippen molar-refractivity contribution in [1.29, 1.82) is 0 Å². The molecule has 0 bridgehead atoms. The highest BCUT2D eigenvalue weighted by Crippen LogP contribution is 2.41. The molecule has 0 radical (unpaired) electrons. The Morgan fingerprint density at radius 1 is 1.32 bits per heavy atom. The molecule has 2 nitrogen and oxygen atoms in total. The number of aliphatic hydroxyl groups is 1. The first-order valence-electron chi connectivity index (χ1n) is 7.52. The first-order valence-corrected chi connectivity index (χ1v) is 7.52. The maximum absolute atomic E-state index is 10.3. The second-order valence-electron chi connectivity index (χ2n) is 6.12. The van der Waals surface area contributed by atoms with Gasteiger partial charge in [0, 0.05) is 12.0 Å². The van der Waals surface area contributed by atoms with Crippen LogP contribution < -0.4 is 4.74 Å². The van der Waals surface area contributed by atoms with Gasteiger partial charge in [0.2, 0.25) is 0 Å². The molecule has 106 valence electrons. The lowest BCUT2D eigenvalue weighted by molar-refractivity contribution is -0.00852. The highest BCUT2D eigenvalue weighted by atomic mass is 16.5. The van der Waals surface area contributed by atoms with Gasteiger partial charge in [0.25, 0.3) is 0 Å². The van der Waals surface area contributed by atoms with E-state index in [9.17, 15) is 5.11 Å². The van der Waals surface area contributed by atoms with Gasteiger partial charge in [0.1, 0.15) is 11.4 Å². The van der Waals surface area contributed by atoms with Gasteiger partial charge in [-0.25, -0.2) is 0 Å². The van der Waals surface area contributed by atoms with E-state index in [1.807, 2.05) is 25.1 Å². The molecule has 0 fully saturated rings. The summed E-state index contributed by atoms with van der Waals surface area (Å²) in [4.78, 5) is 0. The second kappa shape index (κ2) is 5.96. The predicted molar refractivity (Wildman–Crippen MR) is 78.5 cm³/mol. The molecule has 1 aliphatic rings. The van der Waals surface area contributed by atoms with Gasteiger partial charge >= 0.3 is 0 Å². The molecule has 2 rings (SSSR count). The Hall–Kier alpha value is -1.02. The van der Waals surface area contributed by atoms with Crippen LogP contribution in [0.15, 0.2) is 18.2 Å². The molecule has 0 saturated heterocycles. The normalized spacial score (nSPS) is 25.8. The monoisotopic (exact) mass is 262 g/mol. The van der Waals surface area contributed by atoms with Crippen molar-refractivity contribution < 1.29 is 9.84 Å². The van der Waals surface area contributed by atoms with Crippen molar-refractivity contribution >= 4 is 0 Å². The van der Waals surface area contributed by atoms with E-state index in [0.717, 1.165) is 17.7 Å². The number of aryl methyl sites for hydroxylation is 1. The van der Waals surface area contributed by atoms with Gasteiger partial charge in [0.15, 0.2) is 0 Å². The summed E-state index contributed by atoms with van der Waals surface area (Å²) < 4.78 is 6.17. The van der Waals surface area contributed by atoms with Crippen molar-refractivity contribution in [3.8, 4) is 5.75 Å². The number of aliphatic hydroxyl groups excluding tert-OH is 1. The summed E-state index contributed by atoms with van der Waals surface area (Å²) in [5, 5.41) is 10.3. The summed E-state index contributed by atoms with van der Waals surface area (Å²) in [6, 6.07) is 6.09. The molecule has 1 N–H and O–H groups in total. The fourth-order valence-electron chi connectivity index (χ4n) is 2.93. The summed E-state index contributed by atoms with van der Waals surface area (Å²) in [7, 11) is 0. The highest BCUT2D eigenvalue weighted by molar-refractivity contribution is 5.40. The number of unbranched alkanes of at least 4 members (excludes halogenated alkanes) is 3. The quantitative estimate of drug-likeness (QED) is 0.789. The SMILES string of the molecule is CCCCCCC1(C)C[C@@H](O)c2cc(C)ccc2O1. The third kappa shape index (κ3) is 3.50. The van der Waals surface area contributed by atoms with Crippen molar-refractivity contribution in [1.82, 2.24) is 0 Å². The third-order valence-electron chi connectivity index (χ3n) is 4.06. The number of benzene rings is 1. The molecular formula is C17H26O2. The topological polar surface area (TPSA) is 29.5 Å². The molecule has 0 aromatic heterocycles. The fraction of sp³-hybridized carbons (Fsp3) is 0.647. The van der Waals surface area contributed by atoms with Crippen LogP contribution in [0.3, 0.4) is 0 Å². The predicted octanol–water partition coefficient (Wildman–Crippen LogP) is 4.54. The fourth-order valence-corrected chi connectivity index (χ4v) is 2.93. The van der Waals surface area contributed by atoms with Crippen LogP contribution in [0, 0.1) is 6.92 Å². The number of hydrogen-bond donors (Lipinski definition) is 1. The van der Waals surface area contributed by atoms with E-state index >= 15 is 0 Å². The van der Waals surface area contributed by atoms with Gasteiger partial charge in [-0.05, 0) is 38.8 Å². The van der Waals surface area contributed by atoms with Crippen LogP contribution in [0.1, 0.15) is 69.6 Å². The number of ether oxygens (including phenoxy) is 1. The first kappa shape index (κ1) is 14.4. The van der Waals surface area contributed by atoms with Crippen molar-refractivity contribution in [2.24, 2.45) is 0 Å². The van der Waals surface area contributed by atoms with Gasteiger partial charge in [0.05, 0.1) is 6.10 Å². The summed E-state index contributed by atoms with van der Waals surface area (Å²) >= 11 is 0. The van der Waals surface area contributed by atoms with Crippen LogP contribution in [-0.2, 0) is 0 Å². The zero-order chi connectivity index (χ0) is 13.9. The molecular weight excluding hydrogens is 236 g/mol. The Morgan fingerprint density at radius 3 is 2.84 bits per heavy atom. The lowest BCUT2D eigenvalue weighted by atomic mass is 9.86. The lowest BCUT2D eigenvalue weighted by Crippen LogP contribution is -2.38. The maximum Gasteiger partial charge on any atom is 0.125 e. The van der Waals surface area contributed by atoms with Crippen LogP contribution in [0.25, 0.3) is 0 Å². The largest absolute Gasteiger partial charge is 0.487 e. The van der Waals surface area contributed by atoms with Crippen LogP contribution in [-0.4, -0.2) is 10.7 Å². The van der Waals surface area contributed by atoms with Crippen molar-refractivity contribution in [3.05, 3.63) is 29.3 Å². The van der Waals surface area contributed by atoms with E-state index in [0.29, 0.717) is 6.42 Å². The Bertz CT molecular complexity index is 427. The molecule has 1 unspecified atom stereocenters. The Kier molecular flexibility index (Phi) is 4.51. The zero-order valence-corrected chi connectivity index (χ0v) is 12.4. The average Bonchev–Trinajstić information content (AvgIpc) is 2.36. The molecule has 0 amide bonds. The van der Waals surface area contributed by atoms with Crippen LogP contribution in [0.5, 0.6) is 5.75 Å². The van der Waals surface area contributed by atoms with Crippen molar-refractivity contribution in [2.75, 3.05) is 0 Å². The minimum atomic E-state index is -0.389. The van der Waals surface area contributed by atoms with E-state index in [1.165, 1.54) is 31.2 Å². The Balaban J connectivity index is 2.04. The van der Waals surface area contributed by atoms with Crippen LogP contribution in [0.4, 0.5) is 0 Å². The third-order valence-corrected chi connectivity index (χ3v) is 4.06. The molecule has 0 saturated carbocycles.